The predicted octanol–water partition coefficient (Wildman–Crippen LogP) is 3.61. The Kier molecular flexibility index (Phi) is 6.75. The second kappa shape index (κ2) is 9.26. The van der Waals surface area contributed by atoms with Gasteiger partial charge in [-0.15, -0.1) is 0 Å². The Balaban J connectivity index is 1.47. The summed E-state index contributed by atoms with van der Waals surface area (Å²) in [6.07, 6.45) is 4.11. The number of nitrogens with zero attached hydrogens (tertiary/aromatic N) is 1. The van der Waals surface area contributed by atoms with Gasteiger partial charge in [0.15, 0.2) is 0 Å². The number of hydrogen-bond donors (Lipinski definition) is 2. The zero-order valence-corrected chi connectivity index (χ0v) is 16.9. The van der Waals surface area contributed by atoms with Crippen molar-refractivity contribution in [1.82, 2.24) is 15.6 Å². The van der Waals surface area contributed by atoms with Gasteiger partial charge in [0.1, 0.15) is 6.04 Å². The van der Waals surface area contributed by atoms with E-state index in [9.17, 15) is 9.59 Å². The van der Waals surface area contributed by atoms with Crippen LogP contribution >= 0.6 is 23.2 Å². The molecule has 0 radical (unpaired) electrons. The van der Waals surface area contributed by atoms with Crippen molar-refractivity contribution >= 4 is 35.0 Å². The summed E-state index contributed by atoms with van der Waals surface area (Å²) < 4.78 is 5.59. The molecule has 28 heavy (non-hydrogen) atoms. The van der Waals surface area contributed by atoms with Gasteiger partial charge in [-0.3, -0.25) is 9.59 Å². The van der Waals surface area contributed by atoms with Crippen LogP contribution in [-0.2, 0) is 11.3 Å². The van der Waals surface area contributed by atoms with E-state index in [0.717, 1.165) is 5.56 Å². The molecule has 2 aromatic rings. The van der Waals surface area contributed by atoms with Crippen LogP contribution in [0, 0.1) is 5.92 Å². The van der Waals surface area contributed by atoms with E-state index in [0.29, 0.717) is 24.9 Å². The first-order valence-corrected chi connectivity index (χ1v) is 9.80. The summed E-state index contributed by atoms with van der Waals surface area (Å²) in [6.45, 7) is 2.60. The molecule has 1 aromatic carbocycles. The minimum atomic E-state index is -0.739. The molecule has 1 atom stereocenters. The third-order valence-corrected chi connectivity index (χ3v) is 5.18. The number of ether oxygens (including phenoxy) is 1. The van der Waals surface area contributed by atoms with Crippen molar-refractivity contribution in [1.29, 1.82) is 0 Å². The molecule has 6 nitrogen and oxygen atoms in total. The minimum absolute atomic E-state index is 0.157. The van der Waals surface area contributed by atoms with Gasteiger partial charge in [0.05, 0.1) is 22.2 Å². The van der Waals surface area contributed by atoms with Gasteiger partial charge in [-0.2, -0.15) is 0 Å². The minimum Gasteiger partial charge on any atom is -0.477 e. The van der Waals surface area contributed by atoms with Crippen LogP contribution in [-0.4, -0.2) is 29.4 Å². The molecule has 1 fully saturated rings. The molecule has 1 aliphatic rings. The third-order valence-electron chi connectivity index (χ3n) is 4.37. The number of rotatable bonds is 8. The quantitative estimate of drug-likeness (QED) is 0.681. The second-order valence-electron chi connectivity index (χ2n) is 6.77. The Labute approximate surface area is 173 Å². The molecular weight excluding hydrogens is 401 g/mol. The largest absolute Gasteiger partial charge is 0.477 e. The van der Waals surface area contributed by atoms with Gasteiger partial charge in [0.2, 0.25) is 11.8 Å². The van der Waals surface area contributed by atoms with E-state index in [1.54, 1.807) is 37.4 Å². The molecule has 8 heteroatoms. The Bertz CT molecular complexity index is 854. The monoisotopic (exact) mass is 421 g/mol. The van der Waals surface area contributed by atoms with E-state index in [-0.39, 0.29) is 21.5 Å². The summed E-state index contributed by atoms with van der Waals surface area (Å²) >= 11 is 12.0. The lowest BCUT2D eigenvalue weighted by Gasteiger charge is -2.15. The molecule has 148 valence electrons. The number of pyridine rings is 1. The smallest absolute Gasteiger partial charge is 0.253 e. The Hall–Kier alpha value is -2.31. The maximum absolute atomic E-state index is 12.3. The van der Waals surface area contributed by atoms with E-state index >= 15 is 0 Å². The first kappa shape index (κ1) is 20.4. The number of hydrogen-bond acceptors (Lipinski definition) is 4. The first-order valence-electron chi connectivity index (χ1n) is 9.04. The number of carbonyl (C=O) groups excluding carboxylic acids is 2. The van der Waals surface area contributed by atoms with Crippen molar-refractivity contribution in [2.24, 2.45) is 5.92 Å². The average molecular weight is 422 g/mol. The van der Waals surface area contributed by atoms with Gasteiger partial charge in [-0.05, 0) is 43.4 Å². The van der Waals surface area contributed by atoms with Crippen LogP contribution in [0.1, 0.15) is 35.7 Å². The van der Waals surface area contributed by atoms with Crippen molar-refractivity contribution in [3.05, 3.63) is 57.7 Å². The van der Waals surface area contributed by atoms with Gasteiger partial charge in [0, 0.05) is 18.8 Å². The van der Waals surface area contributed by atoms with Gasteiger partial charge in [-0.25, -0.2) is 4.98 Å². The van der Waals surface area contributed by atoms with E-state index in [4.69, 9.17) is 27.9 Å². The number of aromatic nitrogens is 1. The lowest BCUT2D eigenvalue weighted by Crippen LogP contribution is -2.44. The van der Waals surface area contributed by atoms with E-state index in [1.165, 1.54) is 12.8 Å². The highest BCUT2D eigenvalue weighted by molar-refractivity contribution is 6.43. The fourth-order valence-corrected chi connectivity index (χ4v) is 2.84. The number of nitrogens with one attached hydrogen (secondary N) is 2. The Morgan fingerprint density at radius 1 is 1.25 bits per heavy atom. The van der Waals surface area contributed by atoms with E-state index < -0.39 is 11.9 Å². The zero-order chi connectivity index (χ0) is 20.1. The molecule has 1 unspecified atom stereocenters. The molecule has 0 aliphatic heterocycles. The van der Waals surface area contributed by atoms with E-state index in [1.807, 2.05) is 6.07 Å². The van der Waals surface area contributed by atoms with Crippen LogP contribution in [0.25, 0.3) is 0 Å². The van der Waals surface area contributed by atoms with Crippen LogP contribution in [0.15, 0.2) is 36.5 Å². The van der Waals surface area contributed by atoms with Gasteiger partial charge in [0.25, 0.3) is 5.91 Å². The van der Waals surface area contributed by atoms with Gasteiger partial charge < -0.3 is 15.4 Å². The maximum atomic E-state index is 12.3. The summed E-state index contributed by atoms with van der Waals surface area (Å²) in [5.41, 5.74) is 1.06. The summed E-state index contributed by atoms with van der Waals surface area (Å²) in [5.74, 6) is 0.467. The summed E-state index contributed by atoms with van der Waals surface area (Å²) in [5, 5.41) is 5.82. The highest BCUT2D eigenvalue weighted by atomic mass is 35.5. The van der Waals surface area contributed by atoms with Crippen molar-refractivity contribution in [3.8, 4) is 5.88 Å². The highest BCUT2D eigenvalue weighted by Crippen LogP contribution is 2.29. The van der Waals surface area contributed by atoms with Crippen LogP contribution in [0.5, 0.6) is 5.88 Å². The fraction of sp³-hybridized carbons (Fsp3) is 0.350. The van der Waals surface area contributed by atoms with Crippen molar-refractivity contribution in [2.75, 3.05) is 6.61 Å². The molecule has 0 saturated heterocycles. The summed E-state index contributed by atoms with van der Waals surface area (Å²) in [7, 11) is 0. The molecule has 3 rings (SSSR count). The molecule has 1 saturated carbocycles. The highest BCUT2D eigenvalue weighted by Gasteiger charge is 2.22. The first-order chi connectivity index (χ1) is 13.4. The fourth-order valence-electron chi connectivity index (χ4n) is 2.45. The molecule has 0 spiro atoms. The standard InChI is InChI=1S/C20H21Cl2N3O3/c1-12(25-20(27)15-3-2-4-16(21)18(15)22)19(26)24-10-14-7-8-17(23-9-14)28-11-13-5-6-13/h2-4,7-9,12-13H,5-6,10-11H2,1H3,(H,24,26)(H,25,27). The molecule has 2 amide bonds. The Morgan fingerprint density at radius 2 is 2.04 bits per heavy atom. The molecular formula is C20H21Cl2N3O3. The van der Waals surface area contributed by atoms with Gasteiger partial charge in [-0.1, -0.05) is 35.3 Å². The second-order valence-corrected chi connectivity index (χ2v) is 7.56. The molecule has 1 heterocycles. The Morgan fingerprint density at radius 3 is 2.71 bits per heavy atom. The van der Waals surface area contributed by atoms with E-state index in [2.05, 4.69) is 15.6 Å². The SMILES string of the molecule is CC(NC(=O)c1cccc(Cl)c1Cl)C(=O)NCc1ccc(OCC2CC2)nc1. The zero-order valence-electron chi connectivity index (χ0n) is 15.4. The third kappa shape index (κ3) is 5.59. The maximum Gasteiger partial charge on any atom is 0.253 e. The van der Waals surface area contributed by atoms with Crippen LogP contribution in [0.2, 0.25) is 10.0 Å². The number of benzene rings is 1. The van der Waals surface area contributed by atoms with Gasteiger partial charge >= 0.3 is 0 Å². The summed E-state index contributed by atoms with van der Waals surface area (Å²) in [4.78, 5) is 28.8. The lowest BCUT2D eigenvalue weighted by atomic mass is 10.2. The number of halogens is 2. The molecule has 0 bridgehead atoms. The van der Waals surface area contributed by atoms with Crippen LogP contribution in [0.4, 0.5) is 0 Å². The predicted molar refractivity (Wildman–Crippen MR) is 108 cm³/mol. The van der Waals surface area contributed by atoms with Crippen molar-refractivity contribution in [3.63, 3.8) is 0 Å². The van der Waals surface area contributed by atoms with Crippen molar-refractivity contribution in [2.45, 2.75) is 32.4 Å². The summed E-state index contributed by atoms with van der Waals surface area (Å²) in [6, 6.07) is 7.66. The molecule has 1 aromatic heterocycles. The molecule has 2 N–H and O–H groups in total. The lowest BCUT2D eigenvalue weighted by molar-refractivity contribution is -0.122. The average Bonchev–Trinajstić information content (AvgIpc) is 3.51. The van der Waals surface area contributed by atoms with Crippen molar-refractivity contribution < 1.29 is 14.3 Å². The number of carbonyl (C=O) groups is 2. The topological polar surface area (TPSA) is 80.3 Å². The number of amides is 2. The normalized spacial score (nSPS) is 14.2. The van der Waals surface area contributed by atoms with Crippen LogP contribution < -0.4 is 15.4 Å². The van der Waals surface area contributed by atoms with Crippen LogP contribution in [0.3, 0.4) is 0 Å². The molecule has 1 aliphatic carbocycles.